The maximum atomic E-state index is 12.3. The molecule has 1 spiro atoms. The number of carbonyl (C=O) groups excluding carboxylic acids is 2. The Bertz CT molecular complexity index is 521. The molecule has 3 fully saturated rings. The van der Waals surface area contributed by atoms with Gasteiger partial charge in [0, 0.05) is 71.2 Å². The van der Waals surface area contributed by atoms with Crippen LogP contribution in [0.2, 0.25) is 0 Å². The minimum atomic E-state index is -0.418. The summed E-state index contributed by atoms with van der Waals surface area (Å²) in [6, 6.07) is 0.600. The number of likely N-dealkylation sites (tertiary alicyclic amines) is 1. The molecule has 2 N–H and O–H groups in total. The van der Waals surface area contributed by atoms with Crippen LogP contribution in [0.1, 0.15) is 26.7 Å². The number of nitrogens with zero attached hydrogens (tertiary/aromatic N) is 4. The van der Waals surface area contributed by atoms with Crippen molar-refractivity contribution in [3.63, 3.8) is 0 Å². The Balaban J connectivity index is 0.00000196. The van der Waals surface area contributed by atoms with Gasteiger partial charge < -0.3 is 20.3 Å². The maximum Gasteiger partial charge on any atom is 0.410 e. The molecule has 0 aliphatic carbocycles. The summed E-state index contributed by atoms with van der Waals surface area (Å²) in [5, 5.41) is 0. The van der Waals surface area contributed by atoms with Crippen LogP contribution < -0.4 is 5.73 Å². The van der Waals surface area contributed by atoms with Gasteiger partial charge in [0.15, 0.2) is 0 Å². The van der Waals surface area contributed by atoms with Gasteiger partial charge in [0.2, 0.25) is 5.91 Å². The van der Waals surface area contributed by atoms with Crippen LogP contribution in [0.5, 0.6) is 0 Å². The van der Waals surface area contributed by atoms with Crippen molar-refractivity contribution in [3.05, 3.63) is 0 Å². The van der Waals surface area contributed by atoms with Crippen LogP contribution in [0.3, 0.4) is 0 Å². The van der Waals surface area contributed by atoms with Crippen LogP contribution >= 0.6 is 24.8 Å². The molecule has 3 aliphatic rings. The van der Waals surface area contributed by atoms with Gasteiger partial charge in [-0.15, -0.1) is 24.8 Å². The van der Waals surface area contributed by atoms with Gasteiger partial charge in [0.25, 0.3) is 0 Å². The van der Waals surface area contributed by atoms with Gasteiger partial charge in [-0.2, -0.15) is 0 Å². The number of nitrogens with two attached hydrogens (primary N) is 1. The molecule has 0 bridgehead atoms. The highest BCUT2D eigenvalue weighted by atomic mass is 35.5. The first kappa shape index (κ1) is 25.2. The Labute approximate surface area is 180 Å². The van der Waals surface area contributed by atoms with Gasteiger partial charge >= 0.3 is 6.09 Å². The van der Waals surface area contributed by atoms with Gasteiger partial charge in [-0.25, -0.2) is 4.79 Å². The van der Waals surface area contributed by atoms with E-state index >= 15 is 0 Å². The average Bonchev–Trinajstić information content (AvgIpc) is 2.95. The fourth-order valence-corrected chi connectivity index (χ4v) is 4.18. The molecule has 3 aliphatic heterocycles. The molecule has 0 aromatic carbocycles. The lowest BCUT2D eigenvalue weighted by Crippen LogP contribution is -2.51. The second kappa shape index (κ2) is 10.8. The van der Waals surface area contributed by atoms with Crippen LogP contribution in [-0.4, -0.2) is 109 Å². The number of rotatable bonds is 5. The molecule has 0 radical (unpaired) electrons. The highest BCUT2D eigenvalue weighted by molar-refractivity contribution is 5.85. The molecular formula is C18H35Cl2N5O3. The number of carbonyl (C=O) groups is 2. The second-order valence-electron chi connectivity index (χ2n) is 8.03. The molecule has 10 heteroatoms. The van der Waals surface area contributed by atoms with Crippen molar-refractivity contribution in [1.29, 1.82) is 0 Å². The van der Waals surface area contributed by atoms with Gasteiger partial charge in [-0.3, -0.25) is 14.6 Å². The predicted octanol–water partition coefficient (Wildman–Crippen LogP) is 0.628. The zero-order valence-electron chi connectivity index (χ0n) is 17.0. The van der Waals surface area contributed by atoms with Crippen LogP contribution in [0.4, 0.5) is 4.79 Å². The lowest BCUT2D eigenvalue weighted by molar-refractivity contribution is -0.133. The number of ether oxygens (including phenoxy) is 1. The van der Waals surface area contributed by atoms with E-state index in [1.165, 1.54) is 0 Å². The van der Waals surface area contributed by atoms with E-state index in [0.29, 0.717) is 45.1 Å². The van der Waals surface area contributed by atoms with E-state index in [0.717, 1.165) is 32.7 Å². The normalized spacial score (nSPS) is 22.8. The zero-order chi connectivity index (χ0) is 18.7. The Morgan fingerprint density at radius 3 is 2.21 bits per heavy atom. The number of piperazine rings is 1. The molecule has 0 atom stereocenters. The first-order valence-corrected chi connectivity index (χ1v) is 9.85. The van der Waals surface area contributed by atoms with Crippen LogP contribution in [0.15, 0.2) is 0 Å². The summed E-state index contributed by atoms with van der Waals surface area (Å²) in [5.41, 5.74) is 5.02. The molecule has 0 aromatic rings. The Hall–Kier alpha value is -0.800. The summed E-state index contributed by atoms with van der Waals surface area (Å²) >= 11 is 0. The lowest BCUT2D eigenvalue weighted by atomic mass is 9.91. The third kappa shape index (κ3) is 5.86. The maximum absolute atomic E-state index is 12.3. The van der Waals surface area contributed by atoms with E-state index < -0.39 is 5.60 Å². The molecule has 8 nitrogen and oxygen atoms in total. The Morgan fingerprint density at radius 2 is 1.68 bits per heavy atom. The molecule has 0 saturated carbocycles. The number of hydrogen-bond donors (Lipinski definition) is 1. The van der Waals surface area contributed by atoms with E-state index in [1.807, 2.05) is 4.90 Å². The van der Waals surface area contributed by atoms with Crippen molar-refractivity contribution in [1.82, 2.24) is 19.6 Å². The molecule has 3 heterocycles. The first-order valence-electron chi connectivity index (χ1n) is 9.85. The molecule has 164 valence electrons. The van der Waals surface area contributed by atoms with Crippen molar-refractivity contribution < 1.29 is 14.3 Å². The summed E-state index contributed by atoms with van der Waals surface area (Å²) in [6.07, 6.45) is 1.20. The standard InChI is InChI=1S/C18H33N5O3.2ClH/c1-15(2)21-10-7-20(8-11-21)9-12-23-14-18(26-17(23)25)3-5-22(6-4-18)16(24)13-19;;/h15H,3-14,19H2,1-2H3;2*1H. The third-order valence-corrected chi connectivity index (χ3v) is 6.07. The molecule has 2 amide bonds. The molecule has 28 heavy (non-hydrogen) atoms. The van der Waals surface area contributed by atoms with Crippen molar-refractivity contribution in [2.24, 2.45) is 5.73 Å². The summed E-state index contributed by atoms with van der Waals surface area (Å²) in [4.78, 5) is 32.6. The quantitative estimate of drug-likeness (QED) is 0.676. The minimum absolute atomic E-state index is 0. The zero-order valence-corrected chi connectivity index (χ0v) is 18.6. The Morgan fingerprint density at radius 1 is 1.07 bits per heavy atom. The number of halogens is 2. The molecule has 0 unspecified atom stereocenters. The monoisotopic (exact) mass is 439 g/mol. The van der Waals surface area contributed by atoms with Crippen molar-refractivity contribution in [2.75, 3.05) is 65.4 Å². The van der Waals surface area contributed by atoms with Gasteiger partial charge in [-0.05, 0) is 13.8 Å². The van der Waals surface area contributed by atoms with Crippen LogP contribution in [0, 0.1) is 0 Å². The van der Waals surface area contributed by atoms with Crippen molar-refractivity contribution in [3.8, 4) is 0 Å². The van der Waals surface area contributed by atoms with E-state index in [4.69, 9.17) is 10.5 Å². The highest BCUT2D eigenvalue weighted by Gasteiger charge is 2.47. The summed E-state index contributed by atoms with van der Waals surface area (Å²) in [7, 11) is 0. The number of amides is 2. The molecule has 0 aromatic heterocycles. The van der Waals surface area contributed by atoms with E-state index in [9.17, 15) is 9.59 Å². The molecular weight excluding hydrogens is 405 g/mol. The van der Waals surface area contributed by atoms with Crippen molar-refractivity contribution >= 4 is 36.8 Å². The smallest absolute Gasteiger partial charge is 0.410 e. The summed E-state index contributed by atoms with van der Waals surface area (Å²) in [5.74, 6) is -0.0263. The average molecular weight is 440 g/mol. The van der Waals surface area contributed by atoms with E-state index in [-0.39, 0.29) is 43.4 Å². The van der Waals surface area contributed by atoms with E-state index in [2.05, 4.69) is 23.6 Å². The van der Waals surface area contributed by atoms with Crippen molar-refractivity contribution in [2.45, 2.75) is 38.3 Å². The predicted molar refractivity (Wildman–Crippen MR) is 113 cm³/mol. The largest absolute Gasteiger partial charge is 0.441 e. The van der Waals surface area contributed by atoms with E-state index in [1.54, 1.807) is 4.90 Å². The summed E-state index contributed by atoms with van der Waals surface area (Å²) in [6.45, 7) is 12.3. The van der Waals surface area contributed by atoms with Crippen LogP contribution in [-0.2, 0) is 9.53 Å². The molecule has 3 saturated heterocycles. The fraction of sp³-hybridized carbons (Fsp3) is 0.889. The first-order chi connectivity index (χ1) is 12.4. The van der Waals surface area contributed by atoms with Crippen LogP contribution in [0.25, 0.3) is 0 Å². The van der Waals surface area contributed by atoms with Gasteiger partial charge in [0.05, 0.1) is 13.1 Å². The highest BCUT2D eigenvalue weighted by Crippen LogP contribution is 2.33. The minimum Gasteiger partial charge on any atom is -0.441 e. The summed E-state index contributed by atoms with van der Waals surface area (Å²) < 4.78 is 5.74. The van der Waals surface area contributed by atoms with Gasteiger partial charge in [0.1, 0.15) is 5.60 Å². The number of hydrogen-bond acceptors (Lipinski definition) is 6. The Kier molecular flexibility index (Phi) is 9.76. The SMILES string of the molecule is CC(C)N1CCN(CCN2CC3(CCN(C(=O)CN)CC3)OC2=O)CC1.Cl.Cl. The fourth-order valence-electron chi connectivity index (χ4n) is 4.18. The second-order valence-corrected chi connectivity index (χ2v) is 8.03. The lowest BCUT2D eigenvalue weighted by Gasteiger charge is -2.38. The third-order valence-electron chi connectivity index (χ3n) is 6.07. The topological polar surface area (TPSA) is 82.3 Å². The van der Waals surface area contributed by atoms with Gasteiger partial charge in [-0.1, -0.05) is 0 Å². The molecule has 3 rings (SSSR count). The number of piperidine rings is 1.